The molecular formula is C77H156N2O5S2. The molecule has 0 aromatic carbocycles. The summed E-state index contributed by atoms with van der Waals surface area (Å²) in [6, 6.07) is 0. The molecule has 0 aliphatic carbocycles. The molecule has 0 fully saturated rings. The summed E-state index contributed by atoms with van der Waals surface area (Å²) in [5, 5.41) is 45.1. The van der Waals surface area contributed by atoms with Crippen molar-refractivity contribution in [2.24, 2.45) is 0 Å². The highest BCUT2D eigenvalue weighted by molar-refractivity contribution is 8.38. The quantitative estimate of drug-likeness (QED) is 0.0443. The molecule has 0 saturated heterocycles. The van der Waals surface area contributed by atoms with Gasteiger partial charge in [-0.2, -0.15) is 0 Å². The molecule has 9 heteroatoms. The topological polar surface area (TPSA) is 104 Å². The Balaban J connectivity index is 5.09. The van der Waals surface area contributed by atoms with Crippen LogP contribution in [-0.4, -0.2) is 110 Å². The maximum atomic E-state index is 13.4. The lowest BCUT2D eigenvalue weighted by Gasteiger charge is -2.27. The van der Waals surface area contributed by atoms with Gasteiger partial charge in [0.25, 0.3) is 0 Å². The Morgan fingerprint density at radius 2 is 0.384 bits per heavy atom. The minimum absolute atomic E-state index is 0.113. The van der Waals surface area contributed by atoms with Crippen molar-refractivity contribution in [2.45, 2.75) is 437 Å². The van der Waals surface area contributed by atoms with Crippen molar-refractivity contribution in [3.63, 3.8) is 0 Å². The van der Waals surface area contributed by atoms with Gasteiger partial charge in [0.2, 0.25) is 4.45 Å². The summed E-state index contributed by atoms with van der Waals surface area (Å²) in [7, 11) is 0. The van der Waals surface area contributed by atoms with Gasteiger partial charge in [-0.3, -0.25) is 14.6 Å². The van der Waals surface area contributed by atoms with Crippen LogP contribution in [0.5, 0.6) is 0 Å². The second kappa shape index (κ2) is 72.6. The van der Waals surface area contributed by atoms with E-state index in [9.17, 15) is 25.2 Å². The maximum Gasteiger partial charge on any atom is 0.246 e. The summed E-state index contributed by atoms with van der Waals surface area (Å²) in [6.07, 6.45) is 75.8. The Bertz CT molecular complexity index is 1110. The molecule has 4 N–H and O–H groups in total. The summed E-state index contributed by atoms with van der Waals surface area (Å²) >= 11 is 2.74. The zero-order valence-corrected chi connectivity index (χ0v) is 60.4. The summed E-state index contributed by atoms with van der Waals surface area (Å²) in [6.45, 7) is 12.7. The van der Waals surface area contributed by atoms with Crippen molar-refractivity contribution in [3.05, 3.63) is 0 Å². The molecule has 0 amide bonds. The number of thioether (sulfide) groups is 2. The summed E-state index contributed by atoms with van der Waals surface area (Å²) in [5.74, 6) is 1.28. The van der Waals surface area contributed by atoms with Gasteiger partial charge in [0.15, 0.2) is 0 Å². The lowest BCUT2D eigenvalue weighted by molar-refractivity contribution is 0.0634. The van der Waals surface area contributed by atoms with Crippen LogP contribution in [0.15, 0.2) is 0 Å². The average Bonchev–Trinajstić information content (AvgIpc) is 3.50. The molecule has 516 valence electrons. The number of unbranched alkanes of at least 4 members (excludes halogenated alkanes) is 52. The molecule has 0 spiro atoms. The van der Waals surface area contributed by atoms with E-state index in [0.29, 0.717) is 50.8 Å². The second-order valence-electron chi connectivity index (χ2n) is 27.6. The fraction of sp³-hybridized carbons (Fsp3) is 0.987. The number of aliphatic hydroxyl groups excluding tert-OH is 4. The first kappa shape index (κ1) is 86.1. The molecule has 0 aromatic heterocycles. The smallest absolute Gasteiger partial charge is 0.246 e. The third-order valence-electron chi connectivity index (χ3n) is 18.7. The van der Waals surface area contributed by atoms with Gasteiger partial charge in [-0.05, 0) is 25.7 Å². The molecule has 4 atom stereocenters. The van der Waals surface area contributed by atoms with Gasteiger partial charge in [0.1, 0.15) is 0 Å². The van der Waals surface area contributed by atoms with Crippen LogP contribution < -0.4 is 0 Å². The monoisotopic (exact) mass is 1250 g/mol. The van der Waals surface area contributed by atoms with E-state index in [1.807, 2.05) is 0 Å². The van der Waals surface area contributed by atoms with Crippen LogP contribution in [0, 0.1) is 0 Å². The van der Waals surface area contributed by atoms with E-state index in [2.05, 4.69) is 37.5 Å². The van der Waals surface area contributed by atoms with Crippen LogP contribution >= 0.6 is 23.5 Å². The van der Waals surface area contributed by atoms with Crippen LogP contribution in [0.1, 0.15) is 413 Å². The van der Waals surface area contributed by atoms with E-state index in [1.165, 1.54) is 357 Å². The third-order valence-corrected chi connectivity index (χ3v) is 20.6. The Labute approximate surface area is 548 Å². The van der Waals surface area contributed by atoms with Crippen molar-refractivity contribution in [3.8, 4) is 0 Å². The lowest BCUT2D eigenvalue weighted by atomic mass is 10.0. The van der Waals surface area contributed by atoms with Gasteiger partial charge in [-0.1, -0.05) is 411 Å². The molecule has 0 aliphatic heterocycles. The molecule has 7 nitrogen and oxygen atoms in total. The largest absolute Gasteiger partial charge is 0.392 e. The molecule has 0 heterocycles. The van der Waals surface area contributed by atoms with Crippen LogP contribution in [-0.2, 0) is 0 Å². The highest BCUT2D eigenvalue weighted by Crippen LogP contribution is 2.22. The second-order valence-corrected chi connectivity index (χ2v) is 30.0. The lowest BCUT2D eigenvalue weighted by Crippen LogP contribution is -2.39. The standard InChI is InChI=1S/C77H156N2O5S2/c1-5-9-13-17-21-25-29-33-37-41-45-49-53-57-61-73(80)69-78(70-74(81)62-58-54-50-46-42-38-34-30-26-22-18-14-10-6-2)65-67-85-77(84)86-68-66-79(71-75(82)63-59-55-51-47-43-39-35-31-27-23-19-15-11-7-3)72-76(83)64-60-56-52-48-44-40-36-32-28-24-20-16-12-8-4/h73-76,80-83H,5-72H2,1-4H3. The van der Waals surface area contributed by atoms with Crippen LogP contribution in [0.2, 0.25) is 0 Å². The Morgan fingerprint density at radius 3 is 0.535 bits per heavy atom. The van der Waals surface area contributed by atoms with Crippen molar-refractivity contribution >= 4 is 28.0 Å². The molecule has 0 aliphatic rings. The summed E-state index contributed by atoms with van der Waals surface area (Å²) < 4.78 is 0.113. The first-order chi connectivity index (χ1) is 42.2. The van der Waals surface area contributed by atoms with E-state index in [4.69, 9.17) is 0 Å². The predicted octanol–water partition coefficient (Wildman–Crippen LogP) is 24.1. The molecule has 0 aromatic rings. The molecule has 4 unspecified atom stereocenters. The normalized spacial score (nSPS) is 13.4. The van der Waals surface area contributed by atoms with E-state index < -0.39 is 24.4 Å². The average molecular weight is 1250 g/mol. The van der Waals surface area contributed by atoms with Crippen LogP contribution in [0.3, 0.4) is 0 Å². The van der Waals surface area contributed by atoms with Crippen LogP contribution in [0.25, 0.3) is 0 Å². The molecule has 0 radical (unpaired) electrons. The maximum absolute atomic E-state index is 13.4. The number of hydrogen-bond donors (Lipinski definition) is 4. The van der Waals surface area contributed by atoms with Gasteiger partial charge in [0.05, 0.1) is 24.4 Å². The zero-order valence-electron chi connectivity index (χ0n) is 58.8. The fourth-order valence-corrected chi connectivity index (χ4v) is 14.8. The number of hydrogen-bond acceptors (Lipinski definition) is 9. The van der Waals surface area contributed by atoms with Gasteiger partial charge in [-0.25, -0.2) is 0 Å². The van der Waals surface area contributed by atoms with Crippen molar-refractivity contribution < 1.29 is 25.2 Å². The molecule has 0 saturated carbocycles. The number of aliphatic hydroxyl groups is 4. The predicted molar refractivity (Wildman–Crippen MR) is 387 cm³/mol. The SMILES string of the molecule is CCCCCCCCCCCCCCCCC(O)CN(CCSC(=O)SCCN(CC(O)CCCCCCCCCCCCCCCC)CC(O)CCCCCCCCCCCCCCCC)CC(O)CCCCCCCCCCCCCCCC. The van der Waals surface area contributed by atoms with E-state index in [0.717, 1.165) is 51.4 Å². The minimum Gasteiger partial charge on any atom is -0.392 e. The number of carbonyl (C=O) groups excluding carboxylic acids is 1. The van der Waals surface area contributed by atoms with E-state index in [1.54, 1.807) is 0 Å². The summed E-state index contributed by atoms with van der Waals surface area (Å²) in [4.78, 5) is 17.9. The van der Waals surface area contributed by atoms with Crippen molar-refractivity contribution in [2.75, 3.05) is 50.8 Å². The molecular weight excluding hydrogens is 1100 g/mol. The van der Waals surface area contributed by atoms with Gasteiger partial charge in [0, 0.05) is 50.8 Å². The van der Waals surface area contributed by atoms with E-state index in [-0.39, 0.29) is 4.45 Å². The number of nitrogens with zero attached hydrogens (tertiary/aromatic N) is 2. The minimum atomic E-state index is -0.420. The third kappa shape index (κ3) is 68.5. The first-order valence-electron chi connectivity index (χ1n) is 39.2. The van der Waals surface area contributed by atoms with Crippen molar-refractivity contribution in [1.29, 1.82) is 0 Å². The molecule has 0 rings (SSSR count). The van der Waals surface area contributed by atoms with Crippen LogP contribution in [0.4, 0.5) is 4.79 Å². The Morgan fingerprint density at radius 1 is 0.244 bits per heavy atom. The van der Waals surface area contributed by atoms with E-state index >= 15 is 0 Å². The van der Waals surface area contributed by atoms with Gasteiger partial charge >= 0.3 is 0 Å². The van der Waals surface area contributed by atoms with Gasteiger partial charge < -0.3 is 20.4 Å². The Hall–Kier alpha value is 0.130. The fourth-order valence-electron chi connectivity index (χ4n) is 12.9. The number of carbonyl (C=O) groups is 1. The highest BCUT2D eigenvalue weighted by atomic mass is 32.2. The van der Waals surface area contributed by atoms with Gasteiger partial charge in [-0.15, -0.1) is 0 Å². The van der Waals surface area contributed by atoms with Crippen molar-refractivity contribution in [1.82, 2.24) is 9.80 Å². The summed E-state index contributed by atoms with van der Waals surface area (Å²) in [5.41, 5.74) is 0. The highest BCUT2D eigenvalue weighted by Gasteiger charge is 2.19. The number of rotatable bonds is 74. The Kier molecular flexibility index (Phi) is 72.7. The molecule has 0 bridgehead atoms. The first-order valence-corrected chi connectivity index (χ1v) is 41.2. The molecule has 86 heavy (non-hydrogen) atoms. The zero-order chi connectivity index (χ0) is 62.5.